The van der Waals surface area contributed by atoms with E-state index in [2.05, 4.69) is 0 Å². The molecular weight excluding hydrogens is 390 g/mol. The van der Waals surface area contributed by atoms with E-state index in [0.717, 1.165) is 12.8 Å². The van der Waals surface area contributed by atoms with Crippen molar-refractivity contribution in [3.05, 3.63) is 48.5 Å². The summed E-state index contributed by atoms with van der Waals surface area (Å²) in [4.78, 5) is -0.0406. The van der Waals surface area contributed by atoms with Gasteiger partial charge in [-0.1, -0.05) is 0 Å². The average Bonchev–Trinajstić information content (AvgIpc) is 3.19. The van der Waals surface area contributed by atoms with Crippen molar-refractivity contribution in [3.8, 4) is 11.5 Å². The first kappa shape index (κ1) is 19.7. The average molecular weight is 412 g/mol. The maximum Gasteiger partial charge on any atom is 0.339 e. The van der Waals surface area contributed by atoms with Crippen LogP contribution in [0.1, 0.15) is 19.8 Å². The zero-order chi connectivity index (χ0) is 19.5. The van der Waals surface area contributed by atoms with Gasteiger partial charge in [0.05, 0.1) is 11.5 Å². The molecule has 2 aromatic carbocycles. The predicted molar refractivity (Wildman–Crippen MR) is 99.9 cm³/mol. The van der Waals surface area contributed by atoms with Crippen LogP contribution in [0.3, 0.4) is 0 Å². The summed E-state index contributed by atoms with van der Waals surface area (Å²) < 4.78 is 61.7. The molecule has 1 heterocycles. The molecule has 1 saturated heterocycles. The third-order valence-electron chi connectivity index (χ3n) is 4.16. The number of rotatable bonds is 7. The maximum atomic E-state index is 12.5. The van der Waals surface area contributed by atoms with E-state index in [1.807, 2.05) is 6.92 Å². The van der Waals surface area contributed by atoms with Crippen molar-refractivity contribution in [3.63, 3.8) is 0 Å². The van der Waals surface area contributed by atoms with Crippen molar-refractivity contribution >= 4 is 20.1 Å². The first-order valence-electron chi connectivity index (χ1n) is 8.60. The van der Waals surface area contributed by atoms with Gasteiger partial charge in [0.15, 0.2) is 0 Å². The number of benzene rings is 2. The fraction of sp³-hybridized carbons (Fsp3) is 0.333. The minimum atomic E-state index is -4.07. The topological polar surface area (TPSA) is 90.0 Å². The second-order valence-corrected chi connectivity index (χ2v) is 9.51. The zero-order valence-corrected chi connectivity index (χ0v) is 16.5. The van der Waals surface area contributed by atoms with Crippen LogP contribution < -0.4 is 8.92 Å². The van der Waals surface area contributed by atoms with Crippen LogP contribution in [0, 0.1) is 0 Å². The molecule has 0 aromatic heterocycles. The monoisotopic (exact) mass is 411 g/mol. The Morgan fingerprint density at radius 1 is 0.815 bits per heavy atom. The molecule has 0 spiro atoms. The standard InChI is InChI=1S/C18H21NO6S2/c1-2-24-15-5-7-16(8-6-15)25-27(22,23)18-11-9-17(10-12-18)26(20,21)19-13-3-4-14-19/h5-12H,2-4,13-14H2,1H3. The molecule has 1 fully saturated rings. The predicted octanol–water partition coefficient (Wildman–Crippen LogP) is 2.64. The third kappa shape index (κ3) is 4.42. The Bertz CT molecular complexity index is 977. The second kappa shape index (κ2) is 7.87. The molecule has 27 heavy (non-hydrogen) atoms. The van der Waals surface area contributed by atoms with Gasteiger partial charge >= 0.3 is 10.1 Å². The van der Waals surface area contributed by atoms with Gasteiger partial charge in [-0.05, 0) is 68.3 Å². The lowest BCUT2D eigenvalue weighted by Gasteiger charge is -2.15. The van der Waals surface area contributed by atoms with E-state index >= 15 is 0 Å². The molecule has 9 heteroatoms. The molecule has 0 atom stereocenters. The zero-order valence-electron chi connectivity index (χ0n) is 14.9. The van der Waals surface area contributed by atoms with Crippen molar-refractivity contribution < 1.29 is 25.8 Å². The van der Waals surface area contributed by atoms with E-state index in [4.69, 9.17) is 8.92 Å². The van der Waals surface area contributed by atoms with Crippen LogP contribution in [0.15, 0.2) is 58.3 Å². The van der Waals surface area contributed by atoms with Gasteiger partial charge in [0.2, 0.25) is 10.0 Å². The van der Waals surface area contributed by atoms with E-state index in [9.17, 15) is 16.8 Å². The molecule has 0 radical (unpaired) electrons. The van der Waals surface area contributed by atoms with Gasteiger partial charge in [0, 0.05) is 13.1 Å². The number of hydrogen-bond acceptors (Lipinski definition) is 6. The van der Waals surface area contributed by atoms with E-state index in [-0.39, 0.29) is 15.5 Å². The summed E-state index contributed by atoms with van der Waals surface area (Å²) in [5, 5.41) is 0. The highest BCUT2D eigenvalue weighted by Gasteiger charge is 2.27. The lowest BCUT2D eigenvalue weighted by Crippen LogP contribution is -2.27. The van der Waals surface area contributed by atoms with E-state index in [0.29, 0.717) is 25.4 Å². The number of ether oxygens (including phenoxy) is 1. The molecule has 2 aromatic rings. The summed E-state index contributed by atoms with van der Waals surface area (Å²) in [6.45, 7) is 3.33. The van der Waals surface area contributed by atoms with Crippen molar-refractivity contribution in [2.24, 2.45) is 0 Å². The molecule has 0 unspecified atom stereocenters. The fourth-order valence-corrected chi connectivity index (χ4v) is 5.24. The molecule has 1 aliphatic heterocycles. The van der Waals surface area contributed by atoms with Gasteiger partial charge < -0.3 is 8.92 Å². The molecule has 0 N–H and O–H groups in total. The Morgan fingerprint density at radius 2 is 1.33 bits per heavy atom. The molecule has 0 amide bonds. The van der Waals surface area contributed by atoms with Crippen LogP contribution in [0.2, 0.25) is 0 Å². The Kier molecular flexibility index (Phi) is 5.73. The Morgan fingerprint density at radius 3 is 1.89 bits per heavy atom. The van der Waals surface area contributed by atoms with Crippen LogP contribution in [-0.4, -0.2) is 40.8 Å². The number of hydrogen-bond donors (Lipinski definition) is 0. The number of nitrogens with zero attached hydrogens (tertiary/aromatic N) is 1. The van der Waals surface area contributed by atoms with Gasteiger partial charge in [-0.3, -0.25) is 0 Å². The number of sulfonamides is 1. The van der Waals surface area contributed by atoms with E-state index in [1.54, 1.807) is 12.1 Å². The molecule has 0 saturated carbocycles. The van der Waals surface area contributed by atoms with Crippen molar-refractivity contribution in [2.75, 3.05) is 19.7 Å². The second-order valence-electron chi connectivity index (χ2n) is 6.02. The summed E-state index contributed by atoms with van der Waals surface area (Å²) in [6.07, 6.45) is 1.67. The minimum Gasteiger partial charge on any atom is -0.494 e. The Labute approximate surface area is 159 Å². The molecular formula is C18H21NO6S2. The van der Waals surface area contributed by atoms with Gasteiger partial charge in [-0.25, -0.2) is 8.42 Å². The molecule has 7 nitrogen and oxygen atoms in total. The highest BCUT2D eigenvalue weighted by Crippen LogP contribution is 2.25. The lowest BCUT2D eigenvalue weighted by atomic mass is 10.3. The first-order valence-corrected chi connectivity index (χ1v) is 11.5. The molecule has 3 rings (SSSR count). The smallest absolute Gasteiger partial charge is 0.339 e. The van der Waals surface area contributed by atoms with Crippen LogP contribution in [-0.2, 0) is 20.1 Å². The van der Waals surface area contributed by atoms with Crippen molar-refractivity contribution in [2.45, 2.75) is 29.6 Å². The highest BCUT2D eigenvalue weighted by atomic mass is 32.2. The SMILES string of the molecule is CCOc1ccc(OS(=O)(=O)c2ccc(S(=O)(=O)N3CCCC3)cc2)cc1. The van der Waals surface area contributed by atoms with Crippen LogP contribution in [0.4, 0.5) is 0 Å². The van der Waals surface area contributed by atoms with Gasteiger partial charge in [0.1, 0.15) is 16.4 Å². The summed E-state index contributed by atoms with van der Waals surface area (Å²) in [5.74, 6) is 0.755. The van der Waals surface area contributed by atoms with E-state index in [1.165, 1.54) is 40.7 Å². The van der Waals surface area contributed by atoms with Gasteiger partial charge in [-0.2, -0.15) is 12.7 Å². The molecule has 1 aliphatic rings. The van der Waals surface area contributed by atoms with Gasteiger partial charge in [0.25, 0.3) is 0 Å². The molecule has 146 valence electrons. The third-order valence-corrected chi connectivity index (χ3v) is 7.33. The first-order chi connectivity index (χ1) is 12.8. The maximum absolute atomic E-state index is 12.5. The summed E-state index contributed by atoms with van der Waals surface area (Å²) in [7, 11) is -7.66. The Hall–Kier alpha value is -2.10. The van der Waals surface area contributed by atoms with Crippen molar-refractivity contribution in [1.82, 2.24) is 4.31 Å². The highest BCUT2D eigenvalue weighted by molar-refractivity contribution is 7.89. The normalized spacial score (nSPS) is 15.6. The van der Waals surface area contributed by atoms with Crippen LogP contribution >= 0.6 is 0 Å². The molecule has 0 bridgehead atoms. The summed E-state index contributed by atoms with van der Waals surface area (Å²) in [5.41, 5.74) is 0. The minimum absolute atomic E-state index is 0.0735. The summed E-state index contributed by atoms with van der Waals surface area (Å²) >= 11 is 0. The van der Waals surface area contributed by atoms with Crippen LogP contribution in [0.5, 0.6) is 11.5 Å². The quantitative estimate of drug-likeness (QED) is 0.651. The largest absolute Gasteiger partial charge is 0.494 e. The van der Waals surface area contributed by atoms with Crippen molar-refractivity contribution in [1.29, 1.82) is 0 Å². The molecule has 0 aliphatic carbocycles. The lowest BCUT2D eigenvalue weighted by molar-refractivity contribution is 0.340. The Balaban J connectivity index is 1.77. The van der Waals surface area contributed by atoms with E-state index < -0.39 is 20.1 Å². The summed E-state index contributed by atoms with van der Waals surface area (Å²) in [6, 6.07) is 11.3. The van der Waals surface area contributed by atoms with Crippen LogP contribution in [0.25, 0.3) is 0 Å². The fourth-order valence-electron chi connectivity index (χ4n) is 2.79. The van der Waals surface area contributed by atoms with Gasteiger partial charge in [-0.15, -0.1) is 0 Å².